The summed E-state index contributed by atoms with van der Waals surface area (Å²) >= 11 is 1.76. The molecule has 2 rings (SSSR count). The van der Waals surface area contributed by atoms with Crippen LogP contribution in [0.4, 0.5) is 5.82 Å². The molecule has 2 aromatic heterocycles. The molecule has 2 heterocycles. The van der Waals surface area contributed by atoms with Crippen LogP contribution < -0.4 is 5.73 Å². The topological polar surface area (TPSA) is 54.7 Å². The summed E-state index contributed by atoms with van der Waals surface area (Å²) in [5.41, 5.74) is 10.3. The lowest BCUT2D eigenvalue weighted by Crippen LogP contribution is -1.86. The summed E-state index contributed by atoms with van der Waals surface area (Å²) in [5, 5.41) is 9.12. The van der Waals surface area contributed by atoms with Crippen molar-refractivity contribution in [1.29, 1.82) is 0 Å². The maximum Gasteiger partial charge on any atom is 0.148 e. The fraction of sp³-hybridized carbons (Fsp3) is 0.300. The molecule has 0 aromatic carbocycles. The number of nitrogen functional groups attached to an aromatic ring is 1. The molecule has 0 saturated heterocycles. The van der Waals surface area contributed by atoms with Crippen LogP contribution in [0.2, 0.25) is 0 Å². The van der Waals surface area contributed by atoms with Gasteiger partial charge in [0.1, 0.15) is 5.82 Å². The van der Waals surface area contributed by atoms with Crippen LogP contribution in [0.3, 0.4) is 0 Å². The van der Waals surface area contributed by atoms with E-state index in [-0.39, 0.29) is 0 Å². The Morgan fingerprint density at radius 2 is 2.00 bits per heavy atom. The van der Waals surface area contributed by atoms with Crippen LogP contribution in [0.25, 0.3) is 11.3 Å². The molecule has 3 nitrogen and oxygen atoms in total. The summed E-state index contributed by atoms with van der Waals surface area (Å²) in [4.78, 5) is 1.34. The van der Waals surface area contributed by atoms with Crippen molar-refractivity contribution < 1.29 is 0 Å². The van der Waals surface area contributed by atoms with Crippen LogP contribution in [0.1, 0.15) is 16.0 Å². The quantitative estimate of drug-likeness (QED) is 0.755. The molecule has 0 atom stereocenters. The molecule has 3 N–H and O–H groups in total. The number of aromatic nitrogens is 2. The number of hydrogen-bond donors (Lipinski definition) is 2. The summed E-state index contributed by atoms with van der Waals surface area (Å²) in [7, 11) is 0. The summed E-state index contributed by atoms with van der Waals surface area (Å²) in [6.45, 7) is 6.23. The highest BCUT2D eigenvalue weighted by atomic mass is 32.1. The number of aromatic amines is 1. The molecule has 0 spiro atoms. The van der Waals surface area contributed by atoms with Crippen LogP contribution in [0.5, 0.6) is 0 Å². The molecule has 0 aliphatic rings. The second-order valence-electron chi connectivity index (χ2n) is 3.44. The van der Waals surface area contributed by atoms with Crippen LogP contribution in [-0.4, -0.2) is 10.2 Å². The number of aryl methyl sites for hydroxylation is 1. The van der Waals surface area contributed by atoms with E-state index in [0.29, 0.717) is 5.82 Å². The Bertz CT molecular complexity index is 423. The van der Waals surface area contributed by atoms with E-state index < -0.39 is 0 Å². The maximum atomic E-state index is 5.70. The summed E-state index contributed by atoms with van der Waals surface area (Å²) in [6.07, 6.45) is 0. The predicted octanol–water partition coefficient (Wildman–Crippen LogP) is 2.65. The number of anilines is 1. The van der Waals surface area contributed by atoms with E-state index in [4.69, 9.17) is 5.73 Å². The van der Waals surface area contributed by atoms with Crippen LogP contribution in [0.15, 0.2) is 5.38 Å². The Morgan fingerprint density at radius 1 is 1.29 bits per heavy atom. The molecule has 0 bridgehead atoms. The first kappa shape index (κ1) is 9.27. The lowest BCUT2D eigenvalue weighted by atomic mass is 10.1. The standard InChI is InChI=1S/C10H13N3S/c1-5-7(3)14-4-8(5)9-6(2)10(11)13-12-9/h4H,1-3H3,(H3,11,12,13). The second kappa shape index (κ2) is 3.13. The van der Waals surface area contributed by atoms with Gasteiger partial charge >= 0.3 is 0 Å². The Kier molecular flexibility index (Phi) is 2.07. The highest BCUT2D eigenvalue weighted by Crippen LogP contribution is 2.32. The first-order valence-electron chi connectivity index (χ1n) is 4.46. The van der Waals surface area contributed by atoms with Crippen molar-refractivity contribution in [3.8, 4) is 11.3 Å². The maximum absolute atomic E-state index is 5.70. The molecule has 0 unspecified atom stereocenters. The minimum atomic E-state index is 0.586. The SMILES string of the molecule is Cc1scc(-c2[nH]nc(N)c2C)c1C. The highest BCUT2D eigenvalue weighted by Gasteiger charge is 2.12. The molecule has 0 amide bonds. The zero-order chi connectivity index (χ0) is 10.3. The largest absolute Gasteiger partial charge is 0.382 e. The van der Waals surface area contributed by atoms with Crippen molar-refractivity contribution in [3.63, 3.8) is 0 Å². The van der Waals surface area contributed by atoms with Crippen LogP contribution in [0, 0.1) is 20.8 Å². The molecule has 0 saturated carbocycles. The third-order valence-corrected chi connectivity index (χ3v) is 3.62. The van der Waals surface area contributed by atoms with Crippen molar-refractivity contribution in [2.24, 2.45) is 0 Å². The fourth-order valence-corrected chi connectivity index (χ4v) is 2.31. The average molecular weight is 207 g/mol. The van der Waals surface area contributed by atoms with E-state index >= 15 is 0 Å². The monoisotopic (exact) mass is 207 g/mol. The zero-order valence-corrected chi connectivity index (χ0v) is 9.33. The molecule has 0 aliphatic carbocycles. The van der Waals surface area contributed by atoms with Crippen molar-refractivity contribution >= 4 is 17.2 Å². The Hall–Kier alpha value is -1.29. The third-order valence-electron chi connectivity index (χ3n) is 2.60. The van der Waals surface area contributed by atoms with Crippen LogP contribution >= 0.6 is 11.3 Å². The van der Waals surface area contributed by atoms with Gasteiger partial charge in [-0.3, -0.25) is 5.10 Å². The van der Waals surface area contributed by atoms with E-state index in [1.54, 1.807) is 11.3 Å². The molecule has 0 aliphatic heterocycles. The number of nitrogens with two attached hydrogens (primary N) is 1. The Labute approximate surface area is 87.0 Å². The van der Waals surface area contributed by atoms with E-state index in [9.17, 15) is 0 Å². The van der Waals surface area contributed by atoms with Gasteiger partial charge in [0.25, 0.3) is 0 Å². The molecule has 74 valence electrons. The molecule has 0 radical (unpaired) electrons. The molecular weight excluding hydrogens is 194 g/mol. The van der Waals surface area contributed by atoms with E-state index in [1.165, 1.54) is 16.0 Å². The first-order valence-corrected chi connectivity index (χ1v) is 5.34. The smallest absolute Gasteiger partial charge is 0.148 e. The van der Waals surface area contributed by atoms with Gasteiger partial charge in [0, 0.05) is 21.4 Å². The molecule has 14 heavy (non-hydrogen) atoms. The highest BCUT2D eigenvalue weighted by molar-refractivity contribution is 7.10. The van der Waals surface area contributed by atoms with Crippen molar-refractivity contribution in [2.75, 3.05) is 5.73 Å². The van der Waals surface area contributed by atoms with Gasteiger partial charge in [-0.25, -0.2) is 0 Å². The number of nitrogens with one attached hydrogen (secondary N) is 1. The van der Waals surface area contributed by atoms with E-state index in [0.717, 1.165) is 11.3 Å². The minimum Gasteiger partial charge on any atom is -0.382 e. The summed E-state index contributed by atoms with van der Waals surface area (Å²) in [5.74, 6) is 0.586. The van der Waals surface area contributed by atoms with Gasteiger partial charge in [0.2, 0.25) is 0 Å². The predicted molar refractivity (Wildman–Crippen MR) is 60.5 cm³/mol. The normalized spacial score (nSPS) is 10.8. The molecule has 4 heteroatoms. The van der Waals surface area contributed by atoms with Crippen molar-refractivity contribution in [1.82, 2.24) is 10.2 Å². The van der Waals surface area contributed by atoms with Gasteiger partial charge in [0.05, 0.1) is 5.69 Å². The van der Waals surface area contributed by atoms with Gasteiger partial charge in [-0.1, -0.05) is 0 Å². The van der Waals surface area contributed by atoms with Gasteiger partial charge in [-0.15, -0.1) is 11.3 Å². The Morgan fingerprint density at radius 3 is 2.43 bits per heavy atom. The van der Waals surface area contributed by atoms with Crippen molar-refractivity contribution in [3.05, 3.63) is 21.4 Å². The van der Waals surface area contributed by atoms with Gasteiger partial charge < -0.3 is 5.73 Å². The lowest BCUT2D eigenvalue weighted by molar-refractivity contribution is 1.10. The molecular formula is C10H13N3S. The van der Waals surface area contributed by atoms with Crippen molar-refractivity contribution in [2.45, 2.75) is 20.8 Å². The summed E-state index contributed by atoms with van der Waals surface area (Å²) in [6, 6.07) is 0. The fourth-order valence-electron chi connectivity index (χ4n) is 1.43. The van der Waals surface area contributed by atoms with E-state index in [2.05, 4.69) is 29.4 Å². The Balaban J connectivity index is 2.60. The number of rotatable bonds is 1. The van der Waals surface area contributed by atoms with E-state index in [1.807, 2.05) is 6.92 Å². The summed E-state index contributed by atoms with van der Waals surface area (Å²) < 4.78 is 0. The van der Waals surface area contributed by atoms with Crippen LogP contribution in [-0.2, 0) is 0 Å². The third kappa shape index (κ3) is 1.23. The number of H-pyrrole nitrogens is 1. The number of nitrogens with zero attached hydrogens (tertiary/aromatic N) is 1. The first-order chi connectivity index (χ1) is 6.61. The van der Waals surface area contributed by atoms with Gasteiger partial charge in [-0.2, -0.15) is 5.10 Å². The van der Waals surface area contributed by atoms with Gasteiger partial charge in [-0.05, 0) is 26.3 Å². The second-order valence-corrected chi connectivity index (χ2v) is 4.52. The zero-order valence-electron chi connectivity index (χ0n) is 8.51. The number of hydrogen-bond acceptors (Lipinski definition) is 3. The average Bonchev–Trinajstić information content (AvgIpc) is 2.63. The number of thiophene rings is 1. The molecule has 0 fully saturated rings. The lowest BCUT2D eigenvalue weighted by Gasteiger charge is -1.98. The molecule has 2 aromatic rings. The minimum absolute atomic E-state index is 0.586. The van der Waals surface area contributed by atoms with Gasteiger partial charge in [0.15, 0.2) is 0 Å².